The molecule has 0 heterocycles. The summed E-state index contributed by atoms with van der Waals surface area (Å²) in [6, 6.07) is 6.44. The highest BCUT2D eigenvalue weighted by Gasteiger charge is 2.08. The van der Waals surface area contributed by atoms with Gasteiger partial charge < -0.3 is 21.4 Å². The molecule has 0 fully saturated rings. The average molecular weight is 223 g/mol. The van der Waals surface area contributed by atoms with Gasteiger partial charge in [0.2, 0.25) is 0 Å². The Balaban J connectivity index is 2.82. The number of benzene rings is 1. The van der Waals surface area contributed by atoms with Gasteiger partial charge in [-0.3, -0.25) is 0 Å². The third-order valence-corrected chi connectivity index (χ3v) is 2.15. The van der Waals surface area contributed by atoms with Crippen molar-refractivity contribution in [2.24, 2.45) is 10.9 Å². The van der Waals surface area contributed by atoms with Gasteiger partial charge in [-0.05, 0) is 12.5 Å². The van der Waals surface area contributed by atoms with Gasteiger partial charge in [0.15, 0.2) is 5.84 Å². The number of rotatable bonds is 3. The number of amides is 1. The Morgan fingerprint density at radius 1 is 1.44 bits per heavy atom. The summed E-state index contributed by atoms with van der Waals surface area (Å²) in [5.41, 5.74) is 6.77. The number of oxime groups is 1. The van der Waals surface area contributed by atoms with Crippen LogP contribution in [0.25, 0.3) is 0 Å². The van der Waals surface area contributed by atoms with Crippen molar-refractivity contribution in [1.29, 1.82) is 0 Å². The summed E-state index contributed by atoms with van der Waals surface area (Å²) in [7, 11) is 0. The molecular weight excluding hydrogens is 210 g/mol. The maximum atomic E-state index is 10.4. The van der Waals surface area contributed by atoms with Gasteiger partial charge in [0.1, 0.15) is 0 Å². The van der Waals surface area contributed by atoms with Crippen molar-refractivity contribution in [3.63, 3.8) is 0 Å². The molecule has 0 saturated heterocycles. The van der Waals surface area contributed by atoms with E-state index in [2.05, 4.69) is 10.5 Å². The summed E-state index contributed by atoms with van der Waals surface area (Å²) < 4.78 is 0. The smallest absolute Gasteiger partial charge is 0.405 e. The van der Waals surface area contributed by atoms with Crippen LogP contribution in [0.5, 0.6) is 0 Å². The van der Waals surface area contributed by atoms with E-state index in [-0.39, 0.29) is 11.9 Å². The molecule has 5 N–H and O–H groups in total. The number of nitrogens with zero attached hydrogens (tertiary/aromatic N) is 1. The number of amidine groups is 1. The predicted molar refractivity (Wildman–Crippen MR) is 58.5 cm³/mol. The lowest BCUT2D eigenvalue weighted by molar-refractivity contribution is 0.191. The van der Waals surface area contributed by atoms with E-state index in [4.69, 9.17) is 16.0 Å². The summed E-state index contributed by atoms with van der Waals surface area (Å²) in [6.07, 6.45) is -1.08. The molecule has 6 nitrogen and oxygen atoms in total. The Bertz CT molecular complexity index is 400. The number of nitrogens with two attached hydrogens (primary N) is 1. The summed E-state index contributed by atoms with van der Waals surface area (Å²) in [5, 5.41) is 22.2. The highest BCUT2D eigenvalue weighted by molar-refractivity contribution is 5.96. The van der Waals surface area contributed by atoms with Crippen molar-refractivity contribution >= 4 is 11.9 Å². The molecule has 1 atom stereocenters. The van der Waals surface area contributed by atoms with Crippen LogP contribution in [-0.2, 0) is 0 Å². The molecule has 0 bridgehead atoms. The van der Waals surface area contributed by atoms with Crippen LogP contribution in [0.2, 0.25) is 0 Å². The van der Waals surface area contributed by atoms with E-state index in [1.54, 1.807) is 31.2 Å². The van der Waals surface area contributed by atoms with Crippen LogP contribution >= 0.6 is 0 Å². The minimum absolute atomic E-state index is 0.0189. The van der Waals surface area contributed by atoms with Crippen molar-refractivity contribution in [3.05, 3.63) is 35.4 Å². The number of carboxylic acid groups (broad SMARTS) is 1. The Kier molecular flexibility index (Phi) is 3.71. The number of nitrogens with one attached hydrogen (secondary N) is 1. The maximum Gasteiger partial charge on any atom is 0.405 e. The molecule has 1 rings (SSSR count). The molecule has 0 saturated carbocycles. The molecule has 1 amide bonds. The van der Waals surface area contributed by atoms with Gasteiger partial charge in [-0.1, -0.05) is 29.4 Å². The normalized spacial score (nSPS) is 13.2. The third kappa shape index (κ3) is 2.88. The molecule has 16 heavy (non-hydrogen) atoms. The first-order valence-corrected chi connectivity index (χ1v) is 4.62. The lowest BCUT2D eigenvalue weighted by Crippen LogP contribution is -2.24. The van der Waals surface area contributed by atoms with Gasteiger partial charge >= 0.3 is 6.09 Å². The number of hydrogen-bond acceptors (Lipinski definition) is 3. The van der Waals surface area contributed by atoms with E-state index in [0.717, 1.165) is 5.56 Å². The third-order valence-electron chi connectivity index (χ3n) is 2.15. The first-order valence-electron chi connectivity index (χ1n) is 4.62. The van der Waals surface area contributed by atoms with E-state index in [0.29, 0.717) is 5.56 Å². The SMILES string of the molecule is C[C@@H](NC(=O)O)c1ccc(C(N)=NO)cc1. The van der Waals surface area contributed by atoms with Crippen LogP contribution in [0.1, 0.15) is 24.1 Å². The molecule has 1 aromatic rings. The Morgan fingerprint density at radius 3 is 2.44 bits per heavy atom. The van der Waals surface area contributed by atoms with Crippen LogP contribution in [0, 0.1) is 0 Å². The van der Waals surface area contributed by atoms with Crippen LogP contribution in [-0.4, -0.2) is 22.2 Å². The summed E-state index contributed by atoms with van der Waals surface area (Å²) in [4.78, 5) is 10.4. The fourth-order valence-electron chi connectivity index (χ4n) is 1.27. The van der Waals surface area contributed by atoms with Crippen LogP contribution in [0.15, 0.2) is 29.4 Å². The largest absolute Gasteiger partial charge is 0.465 e. The zero-order valence-electron chi connectivity index (χ0n) is 8.71. The van der Waals surface area contributed by atoms with Crippen molar-refractivity contribution in [2.45, 2.75) is 13.0 Å². The fraction of sp³-hybridized carbons (Fsp3) is 0.200. The van der Waals surface area contributed by atoms with Crippen LogP contribution in [0.3, 0.4) is 0 Å². The highest BCUT2D eigenvalue weighted by atomic mass is 16.4. The van der Waals surface area contributed by atoms with Gasteiger partial charge in [-0.2, -0.15) is 0 Å². The number of hydrogen-bond donors (Lipinski definition) is 4. The standard InChI is InChI=1S/C10H13N3O3/c1-6(12-10(14)15)7-2-4-8(5-3-7)9(11)13-16/h2-6,12,16H,1H3,(H2,11,13)(H,14,15)/t6-/m1/s1. The predicted octanol–water partition coefficient (Wildman–Crippen LogP) is 1.11. The quantitative estimate of drug-likeness (QED) is 0.266. The molecule has 0 radical (unpaired) electrons. The molecule has 0 aliphatic rings. The van der Waals surface area contributed by atoms with Crippen LogP contribution in [0.4, 0.5) is 4.79 Å². The van der Waals surface area contributed by atoms with E-state index >= 15 is 0 Å². The average Bonchev–Trinajstić information content (AvgIpc) is 2.27. The Morgan fingerprint density at radius 2 is 2.00 bits per heavy atom. The Labute approximate surface area is 92.4 Å². The summed E-state index contributed by atoms with van der Waals surface area (Å²) in [6.45, 7) is 1.73. The zero-order chi connectivity index (χ0) is 12.1. The maximum absolute atomic E-state index is 10.4. The molecule has 1 aromatic carbocycles. The van der Waals surface area contributed by atoms with Crippen molar-refractivity contribution in [1.82, 2.24) is 5.32 Å². The van der Waals surface area contributed by atoms with Crippen LogP contribution < -0.4 is 11.1 Å². The Hall–Kier alpha value is -2.24. The van der Waals surface area contributed by atoms with Gasteiger partial charge in [0.05, 0.1) is 6.04 Å². The lowest BCUT2D eigenvalue weighted by atomic mass is 10.1. The monoisotopic (exact) mass is 223 g/mol. The molecule has 0 aliphatic carbocycles. The molecular formula is C10H13N3O3. The molecule has 6 heteroatoms. The van der Waals surface area contributed by atoms with Gasteiger partial charge in [0.25, 0.3) is 0 Å². The van der Waals surface area contributed by atoms with E-state index in [1.807, 2.05) is 0 Å². The molecule has 0 aromatic heterocycles. The second kappa shape index (κ2) is 5.01. The highest BCUT2D eigenvalue weighted by Crippen LogP contribution is 2.13. The first kappa shape index (κ1) is 11.8. The van der Waals surface area contributed by atoms with Crippen molar-refractivity contribution < 1.29 is 15.1 Å². The minimum Gasteiger partial charge on any atom is -0.465 e. The minimum atomic E-state index is -1.08. The topological polar surface area (TPSA) is 108 Å². The van der Waals surface area contributed by atoms with Gasteiger partial charge in [-0.25, -0.2) is 4.79 Å². The van der Waals surface area contributed by atoms with Crippen molar-refractivity contribution in [2.75, 3.05) is 0 Å². The molecule has 86 valence electrons. The van der Waals surface area contributed by atoms with Crippen molar-refractivity contribution in [3.8, 4) is 0 Å². The summed E-state index contributed by atoms with van der Waals surface area (Å²) >= 11 is 0. The van der Waals surface area contributed by atoms with Gasteiger partial charge in [-0.15, -0.1) is 0 Å². The van der Waals surface area contributed by atoms with E-state index in [9.17, 15) is 4.79 Å². The van der Waals surface area contributed by atoms with E-state index in [1.165, 1.54) is 0 Å². The second-order valence-corrected chi connectivity index (χ2v) is 3.28. The number of carbonyl (C=O) groups is 1. The zero-order valence-corrected chi connectivity index (χ0v) is 8.71. The fourth-order valence-corrected chi connectivity index (χ4v) is 1.27. The second-order valence-electron chi connectivity index (χ2n) is 3.28. The molecule has 0 aliphatic heterocycles. The summed E-state index contributed by atoms with van der Waals surface area (Å²) in [5.74, 6) is 0.0189. The van der Waals surface area contributed by atoms with E-state index < -0.39 is 6.09 Å². The lowest BCUT2D eigenvalue weighted by Gasteiger charge is -2.11. The molecule has 0 unspecified atom stereocenters. The van der Waals surface area contributed by atoms with Gasteiger partial charge in [0, 0.05) is 5.56 Å². The first-order chi connectivity index (χ1) is 7.54. The molecule has 0 spiro atoms.